The van der Waals surface area contributed by atoms with Gasteiger partial charge in [0.25, 0.3) is 0 Å². The average molecular weight is 248 g/mol. The summed E-state index contributed by atoms with van der Waals surface area (Å²) in [6.07, 6.45) is 2.13. The number of nitrogens with two attached hydrogens (primary N) is 1. The van der Waals surface area contributed by atoms with Crippen LogP contribution < -0.4 is 15.8 Å². The second-order valence-electron chi connectivity index (χ2n) is 5.26. The highest BCUT2D eigenvalue weighted by atomic mass is 16.5. The van der Waals surface area contributed by atoms with Gasteiger partial charge < -0.3 is 15.8 Å². The van der Waals surface area contributed by atoms with Gasteiger partial charge in [-0.25, -0.2) is 0 Å². The molecule has 3 nitrogen and oxygen atoms in total. The van der Waals surface area contributed by atoms with Gasteiger partial charge >= 0.3 is 0 Å². The molecular formula is C15H24N2O. The van der Waals surface area contributed by atoms with E-state index in [1.165, 1.54) is 12.0 Å². The van der Waals surface area contributed by atoms with Crippen LogP contribution in [0.4, 0.5) is 0 Å². The Morgan fingerprint density at radius 3 is 3.11 bits per heavy atom. The lowest BCUT2D eigenvalue weighted by atomic mass is 9.99. The minimum Gasteiger partial charge on any atom is -0.493 e. The van der Waals surface area contributed by atoms with Crippen molar-refractivity contribution in [2.45, 2.75) is 39.3 Å². The van der Waals surface area contributed by atoms with Crippen LogP contribution in [0.5, 0.6) is 5.75 Å². The maximum absolute atomic E-state index is 6.06. The van der Waals surface area contributed by atoms with E-state index in [1.807, 2.05) is 0 Å². The normalized spacial score (nSPS) is 20.1. The molecule has 1 heterocycles. The van der Waals surface area contributed by atoms with Crippen molar-refractivity contribution in [3.05, 3.63) is 29.3 Å². The molecule has 1 aromatic carbocycles. The standard InChI is InChI=1S/C15H24N2O/c1-3-11(2)9-17-10-12-4-5-13-14(16)6-7-18-15(13)8-12/h4-5,8,11,14,17H,3,6-7,9-10,16H2,1-2H3. The minimum absolute atomic E-state index is 0.135. The average Bonchev–Trinajstić information content (AvgIpc) is 2.38. The Hall–Kier alpha value is -1.06. The molecule has 2 atom stereocenters. The van der Waals surface area contributed by atoms with Gasteiger partial charge in [-0.3, -0.25) is 0 Å². The maximum atomic E-state index is 6.06. The van der Waals surface area contributed by atoms with Crippen LogP contribution in [-0.4, -0.2) is 13.2 Å². The van der Waals surface area contributed by atoms with Crippen molar-refractivity contribution in [3.63, 3.8) is 0 Å². The van der Waals surface area contributed by atoms with Crippen LogP contribution in [0.1, 0.15) is 43.9 Å². The predicted molar refractivity (Wildman–Crippen MR) is 74.6 cm³/mol. The Bertz CT molecular complexity index is 392. The summed E-state index contributed by atoms with van der Waals surface area (Å²) in [5, 5.41) is 3.48. The molecule has 1 aliphatic heterocycles. The van der Waals surface area contributed by atoms with Gasteiger partial charge in [-0.1, -0.05) is 32.4 Å². The molecule has 3 heteroatoms. The Labute approximate surface area is 110 Å². The molecular weight excluding hydrogens is 224 g/mol. The molecule has 0 aliphatic carbocycles. The first-order valence-corrected chi connectivity index (χ1v) is 6.92. The fraction of sp³-hybridized carbons (Fsp3) is 0.600. The third-order valence-electron chi connectivity index (χ3n) is 3.68. The summed E-state index contributed by atoms with van der Waals surface area (Å²) in [5.74, 6) is 1.70. The summed E-state index contributed by atoms with van der Waals surface area (Å²) in [5.41, 5.74) is 8.47. The van der Waals surface area contributed by atoms with Gasteiger partial charge in [0.05, 0.1) is 6.61 Å². The highest BCUT2D eigenvalue weighted by molar-refractivity contribution is 5.40. The van der Waals surface area contributed by atoms with Crippen LogP contribution in [0.25, 0.3) is 0 Å². The lowest BCUT2D eigenvalue weighted by molar-refractivity contribution is 0.268. The summed E-state index contributed by atoms with van der Waals surface area (Å²) < 4.78 is 5.68. The SMILES string of the molecule is CCC(C)CNCc1ccc2c(c1)OCCC2N. The van der Waals surface area contributed by atoms with E-state index in [9.17, 15) is 0 Å². The van der Waals surface area contributed by atoms with Gasteiger partial charge in [-0.05, 0) is 24.1 Å². The van der Waals surface area contributed by atoms with Crippen molar-refractivity contribution >= 4 is 0 Å². The number of nitrogens with one attached hydrogen (secondary N) is 1. The van der Waals surface area contributed by atoms with E-state index in [0.717, 1.165) is 43.3 Å². The first-order chi connectivity index (χ1) is 8.70. The second kappa shape index (κ2) is 6.21. The molecule has 2 unspecified atom stereocenters. The zero-order valence-corrected chi connectivity index (χ0v) is 11.4. The van der Waals surface area contributed by atoms with Crippen LogP contribution in [0.2, 0.25) is 0 Å². The van der Waals surface area contributed by atoms with Crippen molar-refractivity contribution in [3.8, 4) is 5.75 Å². The molecule has 3 N–H and O–H groups in total. The first kappa shape index (κ1) is 13.4. The Kier molecular flexibility index (Phi) is 4.61. The van der Waals surface area contributed by atoms with Gasteiger partial charge in [0, 0.05) is 24.6 Å². The predicted octanol–water partition coefficient (Wildman–Crippen LogP) is 2.60. The van der Waals surface area contributed by atoms with Crippen molar-refractivity contribution in [2.24, 2.45) is 11.7 Å². The molecule has 0 bridgehead atoms. The maximum Gasteiger partial charge on any atom is 0.124 e. The lowest BCUT2D eigenvalue weighted by Crippen LogP contribution is -2.22. The molecule has 2 rings (SSSR count). The Morgan fingerprint density at radius 1 is 1.50 bits per heavy atom. The molecule has 0 radical (unpaired) electrons. The smallest absolute Gasteiger partial charge is 0.124 e. The molecule has 0 fully saturated rings. The highest BCUT2D eigenvalue weighted by Gasteiger charge is 2.17. The van der Waals surface area contributed by atoms with Gasteiger partial charge in [0.15, 0.2) is 0 Å². The number of hydrogen-bond donors (Lipinski definition) is 2. The number of rotatable bonds is 5. The quantitative estimate of drug-likeness (QED) is 0.842. The van der Waals surface area contributed by atoms with E-state index in [-0.39, 0.29) is 6.04 Å². The monoisotopic (exact) mass is 248 g/mol. The number of ether oxygens (including phenoxy) is 1. The third kappa shape index (κ3) is 3.24. The summed E-state index contributed by atoms with van der Waals surface area (Å²) in [6.45, 7) is 7.19. The van der Waals surface area contributed by atoms with E-state index in [0.29, 0.717) is 0 Å². The van der Waals surface area contributed by atoms with Gasteiger partial charge in [-0.15, -0.1) is 0 Å². The van der Waals surface area contributed by atoms with Crippen molar-refractivity contribution in [1.29, 1.82) is 0 Å². The van der Waals surface area contributed by atoms with E-state index in [2.05, 4.69) is 37.4 Å². The second-order valence-corrected chi connectivity index (χ2v) is 5.26. The minimum atomic E-state index is 0.135. The third-order valence-corrected chi connectivity index (χ3v) is 3.68. The van der Waals surface area contributed by atoms with Crippen LogP contribution in [-0.2, 0) is 6.54 Å². The van der Waals surface area contributed by atoms with Crippen LogP contribution in [0, 0.1) is 5.92 Å². The van der Waals surface area contributed by atoms with E-state index >= 15 is 0 Å². The molecule has 1 aromatic rings. The highest BCUT2D eigenvalue weighted by Crippen LogP contribution is 2.31. The molecule has 0 saturated heterocycles. The topological polar surface area (TPSA) is 47.3 Å². The fourth-order valence-corrected chi connectivity index (χ4v) is 2.18. The summed E-state index contributed by atoms with van der Waals surface area (Å²) >= 11 is 0. The van der Waals surface area contributed by atoms with E-state index in [4.69, 9.17) is 10.5 Å². The molecule has 100 valence electrons. The molecule has 1 aliphatic rings. The van der Waals surface area contributed by atoms with Crippen LogP contribution in [0.3, 0.4) is 0 Å². The van der Waals surface area contributed by atoms with Crippen LogP contribution in [0.15, 0.2) is 18.2 Å². The van der Waals surface area contributed by atoms with Crippen molar-refractivity contribution in [2.75, 3.05) is 13.2 Å². The first-order valence-electron chi connectivity index (χ1n) is 6.92. The fourth-order valence-electron chi connectivity index (χ4n) is 2.18. The molecule has 18 heavy (non-hydrogen) atoms. The van der Waals surface area contributed by atoms with E-state index in [1.54, 1.807) is 0 Å². The lowest BCUT2D eigenvalue weighted by Gasteiger charge is -2.23. The van der Waals surface area contributed by atoms with Gasteiger partial charge in [-0.2, -0.15) is 0 Å². The largest absolute Gasteiger partial charge is 0.493 e. The molecule has 0 amide bonds. The van der Waals surface area contributed by atoms with Crippen LogP contribution >= 0.6 is 0 Å². The molecule has 0 spiro atoms. The Balaban J connectivity index is 1.94. The Morgan fingerprint density at radius 2 is 2.33 bits per heavy atom. The van der Waals surface area contributed by atoms with Crippen molar-refractivity contribution in [1.82, 2.24) is 5.32 Å². The number of fused-ring (bicyclic) bond motifs is 1. The summed E-state index contributed by atoms with van der Waals surface area (Å²) in [6, 6.07) is 6.52. The molecule has 0 saturated carbocycles. The summed E-state index contributed by atoms with van der Waals surface area (Å²) in [7, 11) is 0. The zero-order chi connectivity index (χ0) is 13.0. The number of hydrogen-bond acceptors (Lipinski definition) is 3. The van der Waals surface area contributed by atoms with E-state index < -0.39 is 0 Å². The van der Waals surface area contributed by atoms with Gasteiger partial charge in [0.2, 0.25) is 0 Å². The summed E-state index contributed by atoms with van der Waals surface area (Å²) in [4.78, 5) is 0. The number of benzene rings is 1. The van der Waals surface area contributed by atoms with Crippen molar-refractivity contribution < 1.29 is 4.74 Å². The zero-order valence-electron chi connectivity index (χ0n) is 11.4. The molecule has 0 aromatic heterocycles. The van der Waals surface area contributed by atoms with Gasteiger partial charge in [0.1, 0.15) is 5.75 Å².